The van der Waals surface area contributed by atoms with Crippen molar-refractivity contribution in [1.29, 1.82) is 5.26 Å². The quantitative estimate of drug-likeness (QED) is 0.484. The maximum absolute atomic E-state index is 12.4. The van der Waals surface area contributed by atoms with Crippen LogP contribution < -0.4 is 13.3 Å². The molecule has 0 bridgehead atoms. The summed E-state index contributed by atoms with van der Waals surface area (Å²) < 4.78 is 65.4. The number of anilines is 2. The Bertz CT molecular complexity index is 1190. The van der Waals surface area contributed by atoms with Crippen LogP contribution in [-0.4, -0.2) is 22.5 Å². The first-order valence-electron chi connectivity index (χ1n) is 9.38. The molecule has 166 valence electrons. The summed E-state index contributed by atoms with van der Waals surface area (Å²) in [5.74, 6) is -0.354. The monoisotopic (exact) mass is 461 g/mol. The van der Waals surface area contributed by atoms with Gasteiger partial charge in [0, 0.05) is 7.05 Å². The summed E-state index contributed by atoms with van der Waals surface area (Å²) in [6, 6.07) is 19.8. The summed E-state index contributed by atoms with van der Waals surface area (Å²) in [6.45, 7) is 0.0557. The summed E-state index contributed by atoms with van der Waals surface area (Å²) in [4.78, 5) is 0. The van der Waals surface area contributed by atoms with Gasteiger partial charge < -0.3 is 4.74 Å². The van der Waals surface area contributed by atoms with E-state index in [9.17, 15) is 27.5 Å². The molecule has 0 aliphatic carbocycles. The summed E-state index contributed by atoms with van der Waals surface area (Å²) >= 11 is 0. The number of rotatable bonds is 4. The Balaban J connectivity index is 1.65. The molecule has 0 saturated carbocycles. The molecule has 0 atom stereocenters. The maximum Gasteiger partial charge on any atom is 0.573 e. The van der Waals surface area contributed by atoms with Crippen molar-refractivity contribution in [3.63, 3.8) is 0 Å². The number of alkyl halides is 3. The molecule has 32 heavy (non-hydrogen) atoms. The molecule has 2 N–H and O–H groups in total. The van der Waals surface area contributed by atoms with Crippen LogP contribution in [0.25, 0.3) is 11.1 Å². The van der Waals surface area contributed by atoms with Crippen molar-refractivity contribution in [2.75, 3.05) is 15.7 Å². The first kappa shape index (κ1) is 21.8. The van der Waals surface area contributed by atoms with Gasteiger partial charge in [-0.2, -0.15) is 5.26 Å². The largest absolute Gasteiger partial charge is 0.573 e. The zero-order valence-electron chi connectivity index (χ0n) is 16.7. The molecule has 3 aromatic carbocycles. The molecule has 0 fully saturated rings. The smallest absolute Gasteiger partial charge is 0.406 e. The van der Waals surface area contributed by atoms with Gasteiger partial charge in [-0.3, -0.25) is 13.4 Å². The zero-order valence-corrected chi connectivity index (χ0v) is 17.6. The van der Waals surface area contributed by atoms with E-state index in [0.717, 1.165) is 11.1 Å². The fourth-order valence-corrected chi connectivity index (χ4v) is 4.98. The third kappa shape index (κ3) is 4.05. The lowest BCUT2D eigenvalue weighted by Crippen LogP contribution is -2.30. The molecule has 4 rings (SSSR count). The topological polar surface area (TPSA) is 80.0 Å². The third-order valence-electron chi connectivity index (χ3n) is 5.09. The van der Waals surface area contributed by atoms with Gasteiger partial charge in [-0.05, 0) is 58.0 Å². The fraction of sp³-hybridized carbons (Fsp3) is 0.136. The molecule has 0 amide bonds. The second kappa shape index (κ2) is 7.94. The van der Waals surface area contributed by atoms with E-state index in [1.807, 2.05) is 12.1 Å². The summed E-state index contributed by atoms with van der Waals surface area (Å²) in [5, 5.41) is 9.38. The van der Waals surface area contributed by atoms with E-state index >= 15 is 0 Å². The van der Waals surface area contributed by atoms with Crippen molar-refractivity contribution >= 4 is 22.3 Å². The average molecular weight is 461 g/mol. The van der Waals surface area contributed by atoms with Gasteiger partial charge in [0.2, 0.25) is 0 Å². The third-order valence-corrected chi connectivity index (χ3v) is 6.94. The minimum Gasteiger partial charge on any atom is -0.406 e. The zero-order chi connectivity index (χ0) is 23.1. The number of fused-ring (bicyclic) bond motifs is 1. The number of nitriles is 1. The number of halogens is 3. The van der Waals surface area contributed by atoms with Crippen LogP contribution in [0.2, 0.25) is 0 Å². The molecule has 1 heterocycles. The lowest BCUT2D eigenvalue weighted by atomic mass is 9.99. The van der Waals surface area contributed by atoms with Gasteiger partial charge >= 0.3 is 6.36 Å². The van der Waals surface area contributed by atoms with Crippen molar-refractivity contribution in [3.05, 3.63) is 77.9 Å². The summed E-state index contributed by atoms with van der Waals surface area (Å²) in [7, 11) is -1.84. The number of hydrogen-bond acceptors (Lipinski definition) is 6. The first-order valence-corrected chi connectivity index (χ1v) is 10.8. The lowest BCUT2D eigenvalue weighted by molar-refractivity contribution is -0.274. The molecule has 0 spiro atoms. The van der Waals surface area contributed by atoms with Crippen LogP contribution in [0.1, 0.15) is 11.1 Å². The van der Waals surface area contributed by atoms with E-state index in [1.165, 1.54) is 32.9 Å². The van der Waals surface area contributed by atoms with Crippen molar-refractivity contribution in [2.45, 2.75) is 12.9 Å². The maximum atomic E-state index is 12.4. The molecule has 0 aromatic heterocycles. The average Bonchev–Trinajstić information content (AvgIpc) is 2.94. The van der Waals surface area contributed by atoms with Crippen LogP contribution in [0, 0.1) is 11.3 Å². The van der Waals surface area contributed by atoms with Crippen LogP contribution in [0.3, 0.4) is 0 Å². The van der Waals surface area contributed by atoms with Gasteiger partial charge in [0.05, 0.1) is 29.6 Å². The Hall–Kier alpha value is -3.39. The van der Waals surface area contributed by atoms with Crippen LogP contribution in [0.15, 0.2) is 66.7 Å². The van der Waals surface area contributed by atoms with E-state index in [2.05, 4.69) is 10.8 Å². The van der Waals surface area contributed by atoms with Crippen molar-refractivity contribution in [1.82, 2.24) is 0 Å². The number of nitrogens with zero attached hydrogens (tertiary/aromatic N) is 3. The minimum atomic E-state index is -4.78. The van der Waals surface area contributed by atoms with E-state index in [4.69, 9.17) is 0 Å². The highest BCUT2D eigenvalue weighted by Crippen LogP contribution is 2.61. The minimum absolute atomic E-state index is 0.0557. The molecule has 0 saturated heterocycles. The molecule has 10 heteroatoms. The molecule has 6 nitrogen and oxygen atoms in total. The lowest BCUT2D eigenvalue weighted by Gasteiger charge is -2.42. The van der Waals surface area contributed by atoms with Crippen LogP contribution in [-0.2, 0) is 6.54 Å². The Labute approximate surface area is 184 Å². The van der Waals surface area contributed by atoms with E-state index in [-0.39, 0.29) is 12.3 Å². The Morgan fingerprint density at radius 3 is 2.34 bits per heavy atom. The van der Waals surface area contributed by atoms with Crippen LogP contribution in [0.4, 0.5) is 24.5 Å². The number of benzene rings is 3. The van der Waals surface area contributed by atoms with E-state index in [1.54, 1.807) is 37.4 Å². The van der Waals surface area contributed by atoms with Crippen LogP contribution in [0.5, 0.6) is 5.75 Å². The Morgan fingerprint density at radius 2 is 1.69 bits per heavy atom. The predicted molar refractivity (Wildman–Crippen MR) is 117 cm³/mol. The highest BCUT2D eigenvalue weighted by atomic mass is 32.3. The second-order valence-corrected chi connectivity index (χ2v) is 9.04. The highest BCUT2D eigenvalue weighted by molar-refractivity contribution is 8.26. The summed E-state index contributed by atoms with van der Waals surface area (Å²) in [6.07, 6.45) is -4.78. The van der Waals surface area contributed by atoms with Crippen molar-refractivity contribution in [3.8, 4) is 22.9 Å². The number of ether oxygens (including phenoxy) is 1. The molecule has 3 aromatic rings. The second-order valence-electron chi connectivity index (χ2n) is 7.08. The van der Waals surface area contributed by atoms with Gasteiger partial charge in [0.15, 0.2) is 0 Å². The molecular weight excluding hydrogens is 443 g/mol. The molecular formula is C22H18F3N3O3S. The SMILES string of the molecule is CN1c2cc(-c3ccccc3C#N)ccc2N(Cc2ccc(OC(F)(F)F)cc2)S1(O)O. The fourth-order valence-electron chi connectivity index (χ4n) is 3.53. The standard InChI is InChI=1S/C22H18F3N3O3S/c1-27-21-12-16(19-5-3-2-4-17(19)13-26)8-11-20(21)28(32(27,29)30)14-15-6-9-18(10-7-15)31-22(23,24)25/h2-12,29-30H,14H2,1H3. The van der Waals surface area contributed by atoms with Crippen molar-refractivity contribution in [2.24, 2.45) is 0 Å². The van der Waals surface area contributed by atoms with Gasteiger partial charge in [-0.25, -0.2) is 4.31 Å². The first-order chi connectivity index (χ1) is 15.1. The Kier molecular flexibility index (Phi) is 5.42. The van der Waals surface area contributed by atoms with E-state index in [0.29, 0.717) is 22.5 Å². The number of hydrogen-bond donors (Lipinski definition) is 2. The molecule has 0 unspecified atom stereocenters. The van der Waals surface area contributed by atoms with E-state index < -0.39 is 17.3 Å². The van der Waals surface area contributed by atoms with Crippen LogP contribution >= 0.6 is 11.0 Å². The predicted octanol–water partition coefficient (Wildman–Crippen LogP) is 6.16. The molecule has 0 radical (unpaired) electrons. The molecule has 1 aliphatic heterocycles. The van der Waals surface area contributed by atoms with Gasteiger partial charge in [0.25, 0.3) is 0 Å². The summed E-state index contributed by atoms with van der Waals surface area (Å²) in [5.41, 5.74) is 3.66. The van der Waals surface area contributed by atoms with Crippen molar-refractivity contribution < 1.29 is 27.0 Å². The van der Waals surface area contributed by atoms with Gasteiger partial charge in [0.1, 0.15) is 5.75 Å². The highest BCUT2D eigenvalue weighted by Gasteiger charge is 2.38. The Morgan fingerprint density at radius 1 is 1.00 bits per heavy atom. The normalized spacial score (nSPS) is 15.8. The molecule has 1 aliphatic rings. The van der Waals surface area contributed by atoms with Gasteiger partial charge in [-0.15, -0.1) is 13.2 Å². The van der Waals surface area contributed by atoms with Gasteiger partial charge in [-0.1, -0.05) is 36.4 Å².